The Hall–Kier alpha value is -1.40. The molecule has 0 bridgehead atoms. The van der Waals surface area contributed by atoms with Crippen LogP contribution in [0.3, 0.4) is 0 Å². The van der Waals surface area contributed by atoms with Crippen LogP contribution < -0.4 is 10.1 Å². The Morgan fingerprint density at radius 3 is 2.58 bits per heavy atom. The van der Waals surface area contributed by atoms with Crippen molar-refractivity contribution in [1.82, 2.24) is 4.98 Å². The lowest BCUT2D eigenvalue weighted by atomic mass is 10.2. The summed E-state index contributed by atoms with van der Waals surface area (Å²) in [5, 5.41) is 2.76. The van der Waals surface area contributed by atoms with Gasteiger partial charge in [0.05, 0.1) is 7.11 Å². The lowest BCUT2D eigenvalue weighted by Gasteiger charge is -2.09. The fourth-order valence-electron chi connectivity index (χ4n) is 1.53. The molecule has 2 aromatic rings. The van der Waals surface area contributed by atoms with E-state index in [1.165, 1.54) is 7.11 Å². The van der Waals surface area contributed by atoms with Gasteiger partial charge >= 0.3 is 0 Å². The van der Waals surface area contributed by atoms with E-state index in [4.69, 9.17) is 4.74 Å². The van der Waals surface area contributed by atoms with Gasteiger partial charge in [0.15, 0.2) is 0 Å². The number of ether oxygens (including phenoxy) is 1. The first-order chi connectivity index (χ1) is 9.10. The summed E-state index contributed by atoms with van der Waals surface area (Å²) in [6.45, 7) is 0. The zero-order chi connectivity index (χ0) is 13.8. The third-order valence-electron chi connectivity index (χ3n) is 2.34. The number of nitrogens with one attached hydrogen (secondary N) is 1. The molecule has 1 aromatic heterocycles. The smallest absolute Gasteiger partial charge is 0.255 e. The maximum Gasteiger partial charge on any atom is 0.255 e. The Labute approximate surface area is 127 Å². The fourth-order valence-corrected chi connectivity index (χ4v) is 2.82. The van der Waals surface area contributed by atoms with Gasteiger partial charge in [-0.25, -0.2) is 4.98 Å². The minimum Gasteiger partial charge on any atom is -0.480 e. The number of carbonyl (C=O) groups excluding carboxylic acids is 1. The van der Waals surface area contributed by atoms with E-state index in [0.29, 0.717) is 17.1 Å². The summed E-state index contributed by atoms with van der Waals surface area (Å²) in [6, 6.07) is 8.80. The number of pyridine rings is 1. The van der Waals surface area contributed by atoms with Gasteiger partial charge in [-0.15, -0.1) is 0 Å². The monoisotopic (exact) mass is 384 g/mol. The fraction of sp³-hybridized carbons (Fsp3) is 0.0769. The van der Waals surface area contributed by atoms with Crippen LogP contribution in [0.25, 0.3) is 0 Å². The summed E-state index contributed by atoms with van der Waals surface area (Å²) in [6.07, 6.45) is 1.60. The predicted molar refractivity (Wildman–Crippen MR) is 80.6 cm³/mol. The molecule has 0 aliphatic carbocycles. The first-order valence-electron chi connectivity index (χ1n) is 5.36. The summed E-state index contributed by atoms with van der Waals surface area (Å²) in [5.74, 6) is 0.151. The van der Waals surface area contributed by atoms with Gasteiger partial charge in [0.1, 0.15) is 5.69 Å². The van der Waals surface area contributed by atoms with E-state index in [1.54, 1.807) is 30.5 Å². The third-order valence-corrected chi connectivity index (χ3v) is 3.25. The van der Waals surface area contributed by atoms with E-state index < -0.39 is 0 Å². The van der Waals surface area contributed by atoms with Crippen molar-refractivity contribution in [2.45, 2.75) is 0 Å². The van der Waals surface area contributed by atoms with Gasteiger partial charge in [-0.1, -0.05) is 31.9 Å². The quantitative estimate of drug-likeness (QED) is 0.872. The van der Waals surface area contributed by atoms with Crippen LogP contribution in [0.5, 0.6) is 5.88 Å². The SMILES string of the molecule is COc1ncccc1NC(=O)c1cc(Br)cc(Br)c1. The standard InChI is InChI=1S/C13H10Br2N2O2/c1-19-13-11(3-2-4-16-13)17-12(18)8-5-9(14)7-10(15)6-8/h2-7H,1H3,(H,17,18). The van der Waals surface area contributed by atoms with Gasteiger partial charge in [-0.2, -0.15) is 0 Å². The number of rotatable bonds is 3. The average Bonchev–Trinajstić information content (AvgIpc) is 2.38. The molecule has 0 radical (unpaired) electrons. The van der Waals surface area contributed by atoms with Crippen molar-refractivity contribution in [2.75, 3.05) is 12.4 Å². The van der Waals surface area contributed by atoms with Crippen LogP contribution in [0.1, 0.15) is 10.4 Å². The largest absolute Gasteiger partial charge is 0.480 e. The highest BCUT2D eigenvalue weighted by atomic mass is 79.9. The van der Waals surface area contributed by atoms with Crippen LogP contribution in [0, 0.1) is 0 Å². The van der Waals surface area contributed by atoms with E-state index in [2.05, 4.69) is 42.2 Å². The first kappa shape index (κ1) is 14.0. The number of methoxy groups -OCH3 is 1. The number of hydrogen-bond acceptors (Lipinski definition) is 3. The highest BCUT2D eigenvalue weighted by Gasteiger charge is 2.11. The van der Waals surface area contributed by atoms with Crippen molar-refractivity contribution in [3.63, 3.8) is 0 Å². The molecule has 0 saturated heterocycles. The minimum atomic E-state index is -0.228. The Morgan fingerprint density at radius 1 is 1.26 bits per heavy atom. The van der Waals surface area contributed by atoms with Crippen LogP contribution >= 0.6 is 31.9 Å². The molecule has 0 spiro atoms. The number of anilines is 1. The zero-order valence-electron chi connectivity index (χ0n) is 9.98. The molecule has 0 aliphatic rings. The van der Waals surface area contributed by atoms with Crippen molar-refractivity contribution in [2.24, 2.45) is 0 Å². The second kappa shape index (κ2) is 6.16. The number of benzene rings is 1. The Morgan fingerprint density at radius 2 is 1.95 bits per heavy atom. The van der Waals surface area contributed by atoms with Crippen LogP contribution in [0.15, 0.2) is 45.5 Å². The number of carbonyl (C=O) groups is 1. The lowest BCUT2D eigenvalue weighted by Crippen LogP contribution is -2.13. The maximum absolute atomic E-state index is 12.2. The van der Waals surface area contributed by atoms with Gasteiger partial charge in [-0.3, -0.25) is 4.79 Å². The van der Waals surface area contributed by atoms with Gasteiger partial charge in [0.2, 0.25) is 5.88 Å². The van der Waals surface area contributed by atoms with E-state index in [9.17, 15) is 4.79 Å². The molecule has 6 heteroatoms. The molecule has 1 aromatic carbocycles. The highest BCUT2D eigenvalue weighted by molar-refractivity contribution is 9.11. The third kappa shape index (κ3) is 3.54. The number of aromatic nitrogens is 1. The molecule has 0 unspecified atom stereocenters. The second-order valence-corrected chi connectivity index (χ2v) is 5.50. The van der Waals surface area contributed by atoms with Crippen LogP contribution in [0.4, 0.5) is 5.69 Å². The molecular formula is C13H10Br2N2O2. The molecule has 98 valence electrons. The van der Waals surface area contributed by atoms with Crippen LogP contribution in [-0.4, -0.2) is 18.0 Å². The normalized spacial score (nSPS) is 10.1. The molecule has 4 nitrogen and oxygen atoms in total. The molecular weight excluding hydrogens is 376 g/mol. The lowest BCUT2D eigenvalue weighted by molar-refractivity contribution is 0.102. The van der Waals surface area contributed by atoms with E-state index in [1.807, 2.05) is 6.07 Å². The van der Waals surface area contributed by atoms with Crippen molar-refractivity contribution in [3.05, 3.63) is 51.0 Å². The first-order valence-corrected chi connectivity index (χ1v) is 6.95. The molecule has 0 saturated carbocycles. The molecule has 0 atom stereocenters. The highest BCUT2D eigenvalue weighted by Crippen LogP contribution is 2.23. The number of halogens is 2. The van der Waals surface area contributed by atoms with Crippen LogP contribution in [-0.2, 0) is 0 Å². The molecule has 1 heterocycles. The topological polar surface area (TPSA) is 51.2 Å². The van der Waals surface area contributed by atoms with E-state index in [0.717, 1.165) is 8.95 Å². The van der Waals surface area contributed by atoms with Crippen molar-refractivity contribution in [3.8, 4) is 5.88 Å². The van der Waals surface area contributed by atoms with E-state index in [-0.39, 0.29) is 5.91 Å². The number of amides is 1. The summed E-state index contributed by atoms with van der Waals surface area (Å²) in [4.78, 5) is 16.2. The molecule has 1 N–H and O–H groups in total. The second-order valence-electron chi connectivity index (χ2n) is 3.67. The van der Waals surface area contributed by atoms with Gasteiger partial charge in [0.25, 0.3) is 5.91 Å². The number of nitrogens with zero attached hydrogens (tertiary/aromatic N) is 1. The Kier molecular flexibility index (Phi) is 4.55. The summed E-state index contributed by atoms with van der Waals surface area (Å²) in [5.41, 5.74) is 1.07. The van der Waals surface area contributed by atoms with Gasteiger partial charge < -0.3 is 10.1 Å². The molecule has 19 heavy (non-hydrogen) atoms. The molecule has 0 aliphatic heterocycles. The summed E-state index contributed by atoms with van der Waals surface area (Å²) >= 11 is 6.70. The van der Waals surface area contributed by atoms with Crippen molar-refractivity contribution >= 4 is 43.5 Å². The van der Waals surface area contributed by atoms with Crippen LogP contribution in [0.2, 0.25) is 0 Å². The Balaban J connectivity index is 2.25. The van der Waals surface area contributed by atoms with Crippen molar-refractivity contribution in [1.29, 1.82) is 0 Å². The molecule has 0 fully saturated rings. The van der Waals surface area contributed by atoms with E-state index >= 15 is 0 Å². The van der Waals surface area contributed by atoms with Gasteiger partial charge in [-0.05, 0) is 30.3 Å². The zero-order valence-corrected chi connectivity index (χ0v) is 13.2. The minimum absolute atomic E-state index is 0.228. The molecule has 2 rings (SSSR count). The Bertz CT molecular complexity index is 597. The number of hydrogen-bond donors (Lipinski definition) is 1. The predicted octanol–water partition coefficient (Wildman–Crippen LogP) is 3.87. The van der Waals surface area contributed by atoms with Gasteiger partial charge in [0, 0.05) is 20.7 Å². The maximum atomic E-state index is 12.2. The molecule has 1 amide bonds. The summed E-state index contributed by atoms with van der Waals surface area (Å²) < 4.78 is 6.73. The summed E-state index contributed by atoms with van der Waals surface area (Å²) in [7, 11) is 1.51. The van der Waals surface area contributed by atoms with Crippen molar-refractivity contribution < 1.29 is 9.53 Å². The average molecular weight is 386 g/mol.